The second-order valence-corrected chi connectivity index (χ2v) is 11.6. The molecule has 11 heteroatoms. The average Bonchev–Trinajstić information content (AvgIpc) is 3.72. The lowest BCUT2D eigenvalue weighted by atomic mass is 10.1. The third-order valence-corrected chi connectivity index (χ3v) is 7.30. The first-order valence-electron chi connectivity index (χ1n) is 13.8. The van der Waals surface area contributed by atoms with Crippen molar-refractivity contribution in [3.8, 4) is 11.4 Å². The van der Waals surface area contributed by atoms with Gasteiger partial charge in [0.05, 0.1) is 23.0 Å². The summed E-state index contributed by atoms with van der Waals surface area (Å²) < 4.78 is 11.5. The van der Waals surface area contributed by atoms with Gasteiger partial charge in [0.1, 0.15) is 17.4 Å². The van der Waals surface area contributed by atoms with Gasteiger partial charge in [0.2, 0.25) is 6.41 Å². The molecule has 1 unspecified atom stereocenters. The molecule has 4 aromatic rings. The van der Waals surface area contributed by atoms with Gasteiger partial charge in [0.15, 0.2) is 5.82 Å². The Morgan fingerprint density at radius 1 is 1.07 bits per heavy atom. The second-order valence-electron chi connectivity index (χ2n) is 11.6. The minimum Gasteiger partial charge on any atom is -0.429 e. The molecule has 0 radical (unpaired) electrons. The van der Waals surface area contributed by atoms with Crippen molar-refractivity contribution in [3.05, 3.63) is 47.7 Å². The van der Waals surface area contributed by atoms with Gasteiger partial charge < -0.3 is 19.2 Å². The first kappa shape index (κ1) is 26.5. The van der Waals surface area contributed by atoms with E-state index in [2.05, 4.69) is 25.2 Å². The highest BCUT2D eigenvalue weighted by molar-refractivity contribution is 5.94. The third kappa shape index (κ3) is 5.63. The van der Waals surface area contributed by atoms with E-state index in [1.54, 1.807) is 6.20 Å². The van der Waals surface area contributed by atoms with E-state index in [1.165, 1.54) is 5.56 Å². The number of anilines is 3. The Morgan fingerprint density at radius 2 is 1.85 bits per heavy atom. The van der Waals surface area contributed by atoms with Crippen molar-refractivity contribution in [2.45, 2.75) is 65.4 Å². The van der Waals surface area contributed by atoms with Gasteiger partial charge in [0, 0.05) is 49.5 Å². The Bertz CT molecular complexity index is 1500. The van der Waals surface area contributed by atoms with Crippen molar-refractivity contribution in [3.63, 3.8) is 0 Å². The summed E-state index contributed by atoms with van der Waals surface area (Å²) in [5, 5.41) is 14.8. The predicted molar refractivity (Wildman–Crippen MR) is 152 cm³/mol. The smallest absolute Gasteiger partial charge is 0.300 e. The van der Waals surface area contributed by atoms with Crippen LogP contribution in [0.1, 0.15) is 56.5 Å². The highest BCUT2D eigenvalue weighted by Gasteiger charge is 2.31. The van der Waals surface area contributed by atoms with Gasteiger partial charge in [-0.25, -0.2) is 15.0 Å². The zero-order chi connectivity index (χ0) is 28.0. The average molecular weight is 545 g/mol. The van der Waals surface area contributed by atoms with Gasteiger partial charge in [-0.2, -0.15) is 4.98 Å². The molecule has 5 heterocycles. The zero-order valence-electron chi connectivity index (χ0n) is 23.7. The van der Waals surface area contributed by atoms with Crippen molar-refractivity contribution >= 4 is 28.6 Å². The van der Waals surface area contributed by atoms with E-state index in [4.69, 9.17) is 19.1 Å². The number of aliphatic hydroxyl groups is 1. The summed E-state index contributed by atoms with van der Waals surface area (Å²) >= 11 is 0. The Morgan fingerprint density at radius 3 is 2.52 bits per heavy atom. The largest absolute Gasteiger partial charge is 0.429 e. The van der Waals surface area contributed by atoms with Crippen LogP contribution in [-0.2, 0) is 4.74 Å². The minimum atomic E-state index is -0.940. The normalized spacial score (nSPS) is 17.4. The van der Waals surface area contributed by atoms with Crippen molar-refractivity contribution in [2.75, 3.05) is 36.4 Å². The molecule has 0 amide bonds. The molecule has 1 atom stereocenters. The maximum absolute atomic E-state index is 10.6. The number of nitrogens with zero attached hydrogens (tertiary/aromatic N) is 7. The zero-order valence-corrected chi connectivity index (χ0v) is 23.7. The van der Waals surface area contributed by atoms with Crippen molar-refractivity contribution in [1.29, 1.82) is 0 Å². The van der Waals surface area contributed by atoms with Crippen molar-refractivity contribution in [2.24, 2.45) is 0 Å². The van der Waals surface area contributed by atoms with Crippen LogP contribution in [0.5, 0.6) is 0 Å². The molecule has 0 bridgehead atoms. The molecule has 4 aromatic heterocycles. The number of hydrogen-bond acceptors (Lipinski definition) is 11. The molecule has 210 valence electrons. The summed E-state index contributed by atoms with van der Waals surface area (Å²) in [6, 6.07) is 4.20. The Kier molecular flexibility index (Phi) is 6.89. The molecule has 2 fully saturated rings. The summed E-state index contributed by atoms with van der Waals surface area (Å²) in [6.07, 6.45) is 6.90. The van der Waals surface area contributed by atoms with Crippen LogP contribution in [0, 0.1) is 13.8 Å². The molecule has 40 heavy (non-hydrogen) atoms. The lowest BCUT2D eigenvalue weighted by Gasteiger charge is -2.39. The van der Waals surface area contributed by atoms with E-state index in [1.807, 2.05) is 64.0 Å². The summed E-state index contributed by atoms with van der Waals surface area (Å²) in [4.78, 5) is 27.7. The number of ether oxygens (including phenoxy) is 1. The van der Waals surface area contributed by atoms with Gasteiger partial charge in [-0.15, -0.1) is 0 Å². The van der Waals surface area contributed by atoms with Gasteiger partial charge in [-0.3, -0.25) is 15.2 Å². The van der Waals surface area contributed by atoms with Crippen LogP contribution in [0.25, 0.3) is 22.3 Å². The molecular weight excluding hydrogens is 508 g/mol. The highest BCUT2D eigenvalue weighted by atomic mass is 16.6. The van der Waals surface area contributed by atoms with E-state index >= 15 is 0 Å². The first-order valence-corrected chi connectivity index (χ1v) is 13.8. The maximum atomic E-state index is 10.6. The number of aryl methyl sites for hydroxylation is 2. The molecule has 1 saturated heterocycles. The van der Waals surface area contributed by atoms with Crippen LogP contribution in [0.3, 0.4) is 0 Å². The molecule has 11 nitrogen and oxygen atoms in total. The van der Waals surface area contributed by atoms with Gasteiger partial charge in [-0.05, 0) is 71.1 Å². The van der Waals surface area contributed by atoms with Crippen LogP contribution in [0.2, 0.25) is 0 Å². The fourth-order valence-electron chi connectivity index (χ4n) is 4.97. The number of hydrogen-bond donors (Lipinski definition) is 2. The Hall–Kier alpha value is -3.67. The third-order valence-electron chi connectivity index (χ3n) is 7.30. The van der Waals surface area contributed by atoms with Crippen molar-refractivity contribution in [1.82, 2.24) is 29.8 Å². The van der Waals surface area contributed by atoms with Gasteiger partial charge in [-0.1, -0.05) is 0 Å². The lowest BCUT2D eigenvalue weighted by Crippen LogP contribution is -2.52. The van der Waals surface area contributed by atoms with E-state index < -0.39 is 12.0 Å². The molecule has 1 saturated carbocycles. The molecule has 0 spiro atoms. The molecule has 1 aliphatic heterocycles. The second kappa shape index (κ2) is 10.4. The SMILES string of the molecule is Cc1nc(Nc2cc(-c3nc(N4CCN(C(O)OC(C)(C)C)CC4)c4c(C5CC5)cncc4n3)ccn2)oc1C. The van der Waals surface area contributed by atoms with E-state index in [0.717, 1.165) is 46.6 Å². The van der Waals surface area contributed by atoms with Crippen LogP contribution < -0.4 is 10.2 Å². The number of nitrogens with one attached hydrogen (secondary N) is 1. The van der Waals surface area contributed by atoms with Crippen LogP contribution in [0.15, 0.2) is 35.1 Å². The number of aliphatic hydroxyl groups excluding tert-OH is 1. The van der Waals surface area contributed by atoms with Crippen molar-refractivity contribution < 1.29 is 14.3 Å². The minimum absolute atomic E-state index is 0.397. The molecule has 0 aromatic carbocycles. The monoisotopic (exact) mass is 544 g/mol. The predicted octanol–water partition coefficient (Wildman–Crippen LogP) is 4.53. The maximum Gasteiger partial charge on any atom is 0.300 e. The lowest BCUT2D eigenvalue weighted by molar-refractivity contribution is -0.239. The number of oxazole rings is 1. The highest BCUT2D eigenvalue weighted by Crippen LogP contribution is 2.45. The first-order chi connectivity index (χ1) is 19.1. The van der Waals surface area contributed by atoms with Gasteiger partial charge >= 0.3 is 6.01 Å². The number of rotatable bonds is 7. The molecule has 2 aliphatic rings. The fraction of sp³-hybridized carbons (Fsp3) is 0.483. The molecular formula is C29H36N8O3. The summed E-state index contributed by atoms with van der Waals surface area (Å²) in [6.45, 7) is 12.3. The Balaban J connectivity index is 1.33. The summed E-state index contributed by atoms with van der Waals surface area (Å²) in [5.74, 6) is 3.35. The Labute approximate surface area is 233 Å². The van der Waals surface area contributed by atoms with Gasteiger partial charge in [0.25, 0.3) is 0 Å². The topological polar surface area (TPSA) is 126 Å². The number of piperazine rings is 1. The standard InChI is InChI=1S/C29H36N8O3/c1-17-18(2)39-27(32-17)34-23-14-20(8-9-31-23)25-33-22-16-30-15-21(19-6-7-19)24(22)26(35-25)36-10-12-37(13-11-36)28(38)40-29(3,4)5/h8-9,14-16,19,28,38H,6-7,10-13H2,1-5H3,(H,31,32,34). The quantitative estimate of drug-likeness (QED) is 0.319. The van der Waals surface area contributed by atoms with Crippen LogP contribution >= 0.6 is 0 Å². The number of fused-ring (bicyclic) bond motifs is 1. The van der Waals surface area contributed by atoms with E-state index in [0.29, 0.717) is 49.8 Å². The van der Waals surface area contributed by atoms with Crippen LogP contribution in [-0.4, -0.2) is 73.1 Å². The summed E-state index contributed by atoms with van der Waals surface area (Å²) in [5.41, 5.74) is 3.27. The van der Waals surface area contributed by atoms with Crippen LogP contribution in [0.4, 0.5) is 17.7 Å². The summed E-state index contributed by atoms with van der Waals surface area (Å²) in [7, 11) is 0. The number of pyridine rings is 2. The molecule has 6 rings (SSSR count). The van der Waals surface area contributed by atoms with E-state index in [9.17, 15) is 5.11 Å². The molecule has 1 aliphatic carbocycles. The van der Waals surface area contributed by atoms with E-state index in [-0.39, 0.29) is 0 Å². The fourth-order valence-corrected chi connectivity index (χ4v) is 4.97. The number of aromatic nitrogens is 5. The molecule has 2 N–H and O–H groups in total.